The first kappa shape index (κ1) is 17.2. The van der Waals surface area contributed by atoms with Crippen LogP contribution in [0.2, 0.25) is 37.8 Å². The lowest BCUT2D eigenvalue weighted by atomic mass is 10.1. The van der Waals surface area contributed by atoms with Crippen molar-refractivity contribution in [2.75, 3.05) is 0 Å². The molecule has 2 atom stereocenters. The van der Waals surface area contributed by atoms with E-state index in [1.165, 1.54) is 10.8 Å². The molecule has 0 aromatic heterocycles. The highest BCUT2D eigenvalue weighted by atomic mass is 28.4. The predicted octanol–water partition coefficient (Wildman–Crippen LogP) is 4.93. The molecule has 0 heterocycles. The molecule has 0 aromatic carbocycles. The molecule has 1 fully saturated rings. The predicted molar refractivity (Wildman–Crippen MR) is 94.8 cm³/mol. The van der Waals surface area contributed by atoms with Gasteiger partial charge in [0, 0.05) is 12.5 Å². The Bertz CT molecular complexity index is 478. The van der Waals surface area contributed by atoms with Crippen LogP contribution in [0.3, 0.4) is 0 Å². The van der Waals surface area contributed by atoms with Crippen molar-refractivity contribution in [2.24, 2.45) is 5.92 Å². The maximum atomic E-state index is 12.3. The van der Waals surface area contributed by atoms with Gasteiger partial charge in [-0.25, -0.2) is 0 Å². The summed E-state index contributed by atoms with van der Waals surface area (Å²) in [6.07, 6.45) is 3.20. The number of carbonyl (C=O) groups is 1. The van der Waals surface area contributed by atoms with Gasteiger partial charge in [0.2, 0.25) is 0 Å². The summed E-state index contributed by atoms with van der Waals surface area (Å²) < 4.78 is 6.60. The zero-order chi connectivity index (χ0) is 16.2. The molecule has 2 aliphatic rings. The van der Waals surface area contributed by atoms with E-state index in [1.807, 2.05) is 0 Å². The number of hydrogen-bond acceptors (Lipinski definition) is 2. The van der Waals surface area contributed by atoms with Crippen LogP contribution in [0, 0.1) is 5.92 Å². The van der Waals surface area contributed by atoms with E-state index in [4.69, 9.17) is 4.43 Å². The van der Waals surface area contributed by atoms with Gasteiger partial charge >= 0.3 is 0 Å². The number of carbonyl (C=O) groups excluding carboxylic acids is 1. The fourth-order valence-electron chi connectivity index (χ4n) is 3.56. The first-order chi connectivity index (χ1) is 9.33. The molecule has 0 amide bonds. The van der Waals surface area contributed by atoms with Gasteiger partial charge in [-0.2, -0.15) is 0 Å². The highest BCUT2D eigenvalue weighted by molar-refractivity contribution is 6.87. The second-order valence-corrected chi connectivity index (χ2v) is 19.2. The van der Waals surface area contributed by atoms with E-state index in [9.17, 15) is 4.79 Å². The van der Waals surface area contributed by atoms with E-state index in [2.05, 4.69) is 53.5 Å². The molecule has 2 unspecified atom stereocenters. The third-order valence-electron chi connectivity index (χ3n) is 5.54. The van der Waals surface area contributed by atoms with Gasteiger partial charge in [-0.15, -0.1) is 0 Å². The second-order valence-electron chi connectivity index (χ2n) is 9.41. The van der Waals surface area contributed by atoms with Crippen molar-refractivity contribution < 1.29 is 9.22 Å². The minimum atomic E-state index is -1.70. The van der Waals surface area contributed by atoms with Crippen molar-refractivity contribution in [1.82, 2.24) is 0 Å². The molecule has 0 aromatic rings. The Balaban J connectivity index is 2.18. The molecular formula is C17H32O2Si2. The van der Waals surface area contributed by atoms with E-state index in [0.29, 0.717) is 17.8 Å². The summed E-state index contributed by atoms with van der Waals surface area (Å²) in [5.74, 6) is 0.939. The lowest BCUT2D eigenvalue weighted by Gasteiger charge is -2.38. The van der Waals surface area contributed by atoms with Gasteiger partial charge in [-0.3, -0.25) is 4.79 Å². The minimum absolute atomic E-state index is 0.260. The van der Waals surface area contributed by atoms with Crippen LogP contribution in [0.5, 0.6) is 0 Å². The zero-order valence-corrected chi connectivity index (χ0v) is 17.1. The van der Waals surface area contributed by atoms with Gasteiger partial charge < -0.3 is 4.43 Å². The average molecular weight is 325 g/mol. The zero-order valence-electron chi connectivity index (χ0n) is 15.1. The molecular weight excluding hydrogens is 292 g/mol. The fraction of sp³-hybridized carbons (Fsp3) is 0.824. The highest BCUT2D eigenvalue weighted by Crippen LogP contribution is 2.47. The molecule has 0 bridgehead atoms. The maximum absolute atomic E-state index is 12.3. The van der Waals surface area contributed by atoms with Crippen LogP contribution in [0.4, 0.5) is 0 Å². The van der Waals surface area contributed by atoms with Crippen molar-refractivity contribution in [2.45, 2.75) is 83.9 Å². The van der Waals surface area contributed by atoms with E-state index < -0.39 is 16.4 Å². The van der Waals surface area contributed by atoms with Crippen LogP contribution in [-0.2, 0) is 9.22 Å². The fourth-order valence-corrected chi connectivity index (χ4v) is 7.13. The number of Topliss-reactive ketones (excluding diaryl/α,β-unsaturated/α-hetero) is 1. The lowest BCUT2D eigenvalue weighted by Crippen LogP contribution is -2.43. The van der Waals surface area contributed by atoms with E-state index in [-0.39, 0.29) is 5.04 Å². The van der Waals surface area contributed by atoms with Crippen molar-refractivity contribution in [3.05, 3.63) is 10.8 Å². The smallest absolute Gasteiger partial charge is 0.192 e. The number of hydrogen-bond donors (Lipinski definition) is 0. The second kappa shape index (κ2) is 5.17. The third-order valence-corrected chi connectivity index (χ3v) is 12.2. The van der Waals surface area contributed by atoms with Crippen molar-refractivity contribution in [1.29, 1.82) is 0 Å². The topological polar surface area (TPSA) is 26.3 Å². The van der Waals surface area contributed by atoms with Crippen molar-refractivity contribution >= 4 is 22.2 Å². The number of fused-ring (bicyclic) bond motifs is 1. The Morgan fingerprint density at radius 2 is 1.62 bits per heavy atom. The Kier molecular flexibility index (Phi) is 4.22. The van der Waals surface area contributed by atoms with E-state index in [1.54, 1.807) is 0 Å². The summed E-state index contributed by atoms with van der Waals surface area (Å²) >= 11 is 0. The Morgan fingerprint density at radius 1 is 1.05 bits per heavy atom. The standard InChI is InChI=1S/C17H32O2Si2/c1-17(2,3)21(7,8)19-13-9-12-10-15(18)16(14(12)11-13)20(4,5)6/h12-13H,9-11H2,1-8H3. The molecule has 2 nitrogen and oxygen atoms in total. The molecule has 0 N–H and O–H groups in total. The summed E-state index contributed by atoms with van der Waals surface area (Å²) in [6.45, 7) is 18.5. The van der Waals surface area contributed by atoms with Crippen LogP contribution in [0.15, 0.2) is 10.8 Å². The number of allylic oxidation sites excluding steroid dienone is 1. The van der Waals surface area contributed by atoms with Gasteiger partial charge in [-0.05, 0) is 42.1 Å². The molecule has 4 heteroatoms. The van der Waals surface area contributed by atoms with Gasteiger partial charge in [0.15, 0.2) is 14.1 Å². The molecule has 0 saturated heterocycles. The lowest BCUT2D eigenvalue weighted by molar-refractivity contribution is -0.114. The van der Waals surface area contributed by atoms with Crippen LogP contribution in [0.1, 0.15) is 40.0 Å². The Labute approximate surface area is 132 Å². The molecule has 0 aliphatic heterocycles. The summed E-state index contributed by atoms with van der Waals surface area (Å²) in [6, 6.07) is 0. The number of rotatable bonds is 3. The molecule has 120 valence electrons. The summed E-state index contributed by atoms with van der Waals surface area (Å²) in [5.41, 5.74) is 1.47. The summed E-state index contributed by atoms with van der Waals surface area (Å²) in [7, 11) is -3.21. The Morgan fingerprint density at radius 3 is 2.10 bits per heavy atom. The van der Waals surface area contributed by atoms with Gasteiger partial charge in [-0.1, -0.05) is 46.0 Å². The quantitative estimate of drug-likeness (QED) is 0.688. The van der Waals surface area contributed by atoms with Crippen LogP contribution in [-0.4, -0.2) is 28.3 Å². The highest BCUT2D eigenvalue weighted by Gasteiger charge is 2.46. The summed E-state index contributed by atoms with van der Waals surface area (Å²) in [5, 5.41) is 1.50. The van der Waals surface area contributed by atoms with Gasteiger partial charge in [0.05, 0.1) is 8.07 Å². The van der Waals surface area contributed by atoms with Crippen LogP contribution >= 0.6 is 0 Å². The van der Waals surface area contributed by atoms with E-state index >= 15 is 0 Å². The first-order valence-electron chi connectivity index (χ1n) is 8.27. The van der Waals surface area contributed by atoms with Gasteiger partial charge in [0.25, 0.3) is 0 Å². The third kappa shape index (κ3) is 3.27. The van der Waals surface area contributed by atoms with Crippen molar-refractivity contribution in [3.8, 4) is 0 Å². The monoisotopic (exact) mass is 324 g/mol. The van der Waals surface area contributed by atoms with E-state index in [0.717, 1.165) is 19.3 Å². The molecule has 21 heavy (non-hydrogen) atoms. The molecule has 2 aliphatic carbocycles. The molecule has 0 spiro atoms. The summed E-state index contributed by atoms with van der Waals surface area (Å²) in [4.78, 5) is 12.3. The van der Waals surface area contributed by atoms with Crippen molar-refractivity contribution in [3.63, 3.8) is 0 Å². The molecule has 1 saturated carbocycles. The normalized spacial score (nSPS) is 27.5. The SMILES string of the molecule is CC(C)(C)[Si](C)(C)OC1CC2=C([Si](C)(C)C)C(=O)CC2C1. The molecule has 0 radical (unpaired) electrons. The largest absolute Gasteiger partial charge is 0.414 e. The minimum Gasteiger partial charge on any atom is -0.414 e. The maximum Gasteiger partial charge on any atom is 0.192 e. The average Bonchev–Trinajstić information content (AvgIpc) is 2.68. The molecule has 2 rings (SSSR count). The first-order valence-corrected chi connectivity index (χ1v) is 14.7. The van der Waals surface area contributed by atoms with Crippen LogP contribution in [0.25, 0.3) is 0 Å². The van der Waals surface area contributed by atoms with Crippen LogP contribution < -0.4 is 0 Å². The Hall–Kier alpha value is -0.196. The van der Waals surface area contributed by atoms with Gasteiger partial charge in [0.1, 0.15) is 0 Å². The number of ketones is 1.